The minimum atomic E-state index is -0.194. The molecule has 108 valence electrons. The number of anilines is 1. The van der Waals surface area contributed by atoms with Crippen molar-refractivity contribution in [2.45, 2.75) is 45.8 Å². The Morgan fingerprint density at radius 1 is 1.05 bits per heavy atom. The van der Waals surface area contributed by atoms with E-state index in [4.69, 9.17) is 4.74 Å². The van der Waals surface area contributed by atoms with Crippen molar-refractivity contribution in [3.05, 3.63) is 18.0 Å². The Balaban J connectivity index is 1.99. The highest BCUT2D eigenvalue weighted by Gasteiger charge is 2.38. The summed E-state index contributed by atoms with van der Waals surface area (Å²) in [7, 11) is 0. The number of fused-ring (bicyclic) bond motifs is 1. The maximum Gasteiger partial charge on any atom is 0.178 e. The van der Waals surface area contributed by atoms with E-state index in [1.54, 1.807) is 4.52 Å². The molecular weight excluding hydrogens is 254 g/mol. The zero-order chi connectivity index (χ0) is 14.5. The Hall–Kier alpha value is -1.69. The first kappa shape index (κ1) is 13.3. The van der Waals surface area contributed by atoms with Crippen molar-refractivity contribution < 1.29 is 4.74 Å². The van der Waals surface area contributed by atoms with Gasteiger partial charge in [0.15, 0.2) is 11.5 Å². The van der Waals surface area contributed by atoms with Crippen LogP contribution in [-0.4, -0.2) is 44.1 Å². The van der Waals surface area contributed by atoms with Crippen molar-refractivity contribution >= 4 is 11.5 Å². The lowest BCUT2D eigenvalue weighted by molar-refractivity contribution is -0.133. The van der Waals surface area contributed by atoms with E-state index in [-0.39, 0.29) is 11.2 Å². The van der Waals surface area contributed by atoms with Gasteiger partial charge >= 0.3 is 0 Å². The van der Waals surface area contributed by atoms with Gasteiger partial charge in [-0.05, 0) is 46.8 Å². The van der Waals surface area contributed by atoms with Gasteiger partial charge < -0.3 is 9.64 Å². The summed E-state index contributed by atoms with van der Waals surface area (Å²) in [6.45, 7) is 12.0. The van der Waals surface area contributed by atoms with Crippen LogP contribution < -0.4 is 4.90 Å². The van der Waals surface area contributed by atoms with Gasteiger partial charge in [-0.25, -0.2) is 0 Å². The predicted octanol–water partition coefficient (Wildman–Crippen LogP) is 1.83. The van der Waals surface area contributed by atoms with E-state index >= 15 is 0 Å². The van der Waals surface area contributed by atoms with Crippen LogP contribution in [0.2, 0.25) is 0 Å². The molecule has 1 saturated heterocycles. The zero-order valence-corrected chi connectivity index (χ0v) is 12.7. The Kier molecular flexibility index (Phi) is 2.76. The minimum Gasteiger partial charge on any atom is -0.366 e. The molecule has 2 aromatic heterocycles. The number of rotatable bonds is 1. The molecule has 0 amide bonds. The summed E-state index contributed by atoms with van der Waals surface area (Å²) in [5.74, 6) is 1.73. The van der Waals surface area contributed by atoms with Crippen LogP contribution in [0.5, 0.6) is 0 Å². The average Bonchev–Trinajstić information content (AvgIpc) is 2.67. The van der Waals surface area contributed by atoms with E-state index in [0.717, 1.165) is 30.4 Å². The maximum absolute atomic E-state index is 6.11. The standard InChI is InChI=1S/C14H21N5O/c1-10-15-16-11-6-7-12(17-19(10)11)18-8-13(2,3)20-14(4,5)9-18/h6-7H,8-9H2,1-5H3. The lowest BCUT2D eigenvalue weighted by Gasteiger charge is -2.47. The third kappa shape index (κ3) is 2.35. The topological polar surface area (TPSA) is 55.5 Å². The minimum absolute atomic E-state index is 0.194. The fourth-order valence-corrected chi connectivity index (χ4v) is 3.00. The first-order valence-electron chi connectivity index (χ1n) is 6.90. The van der Waals surface area contributed by atoms with Crippen molar-refractivity contribution in [1.29, 1.82) is 0 Å². The van der Waals surface area contributed by atoms with Gasteiger partial charge in [0.05, 0.1) is 11.2 Å². The molecule has 6 nitrogen and oxygen atoms in total. The predicted molar refractivity (Wildman–Crippen MR) is 77.0 cm³/mol. The molecule has 0 spiro atoms. The highest BCUT2D eigenvalue weighted by atomic mass is 16.5. The normalized spacial score (nSPS) is 21.4. The van der Waals surface area contributed by atoms with Crippen molar-refractivity contribution in [1.82, 2.24) is 19.8 Å². The molecule has 0 radical (unpaired) electrons. The van der Waals surface area contributed by atoms with E-state index in [1.165, 1.54) is 0 Å². The molecule has 20 heavy (non-hydrogen) atoms. The summed E-state index contributed by atoms with van der Waals surface area (Å²) in [5, 5.41) is 12.8. The maximum atomic E-state index is 6.11. The molecule has 0 saturated carbocycles. The summed E-state index contributed by atoms with van der Waals surface area (Å²) < 4.78 is 7.89. The van der Waals surface area contributed by atoms with Crippen LogP contribution in [0.4, 0.5) is 5.82 Å². The smallest absolute Gasteiger partial charge is 0.178 e. The second kappa shape index (κ2) is 4.15. The highest BCUT2D eigenvalue weighted by Crippen LogP contribution is 2.30. The fourth-order valence-electron chi connectivity index (χ4n) is 3.00. The third-order valence-corrected chi connectivity index (χ3v) is 3.42. The number of hydrogen-bond acceptors (Lipinski definition) is 5. The van der Waals surface area contributed by atoms with Crippen LogP contribution in [0.25, 0.3) is 5.65 Å². The van der Waals surface area contributed by atoms with Gasteiger partial charge in [0.25, 0.3) is 0 Å². The van der Waals surface area contributed by atoms with Crippen LogP contribution in [0, 0.1) is 6.92 Å². The van der Waals surface area contributed by atoms with Gasteiger partial charge in [-0.2, -0.15) is 4.52 Å². The largest absolute Gasteiger partial charge is 0.366 e. The molecule has 0 atom stereocenters. The average molecular weight is 275 g/mol. The van der Waals surface area contributed by atoms with Crippen molar-refractivity contribution in [3.8, 4) is 0 Å². The van der Waals surface area contributed by atoms with E-state index in [0.29, 0.717) is 0 Å². The van der Waals surface area contributed by atoms with Gasteiger partial charge in [0.2, 0.25) is 0 Å². The number of morpholine rings is 1. The highest BCUT2D eigenvalue weighted by molar-refractivity contribution is 5.46. The van der Waals surface area contributed by atoms with E-state index in [9.17, 15) is 0 Å². The lowest BCUT2D eigenvalue weighted by atomic mass is 9.99. The molecule has 0 aromatic carbocycles. The molecule has 1 fully saturated rings. The summed E-state index contributed by atoms with van der Waals surface area (Å²) in [6, 6.07) is 3.96. The quantitative estimate of drug-likeness (QED) is 0.794. The second-order valence-electron chi connectivity index (χ2n) is 6.69. The molecule has 6 heteroatoms. The van der Waals surface area contributed by atoms with Gasteiger partial charge in [-0.15, -0.1) is 15.3 Å². The summed E-state index contributed by atoms with van der Waals surface area (Å²) >= 11 is 0. The zero-order valence-electron chi connectivity index (χ0n) is 12.7. The molecule has 0 aliphatic carbocycles. The molecule has 1 aliphatic rings. The van der Waals surface area contributed by atoms with Crippen LogP contribution in [0.1, 0.15) is 33.5 Å². The summed E-state index contributed by atoms with van der Waals surface area (Å²) in [4.78, 5) is 2.27. The van der Waals surface area contributed by atoms with Gasteiger partial charge in [0.1, 0.15) is 5.82 Å². The van der Waals surface area contributed by atoms with Crippen molar-refractivity contribution in [2.24, 2.45) is 0 Å². The van der Waals surface area contributed by atoms with Crippen molar-refractivity contribution in [2.75, 3.05) is 18.0 Å². The molecule has 0 N–H and O–H groups in total. The second-order valence-corrected chi connectivity index (χ2v) is 6.69. The van der Waals surface area contributed by atoms with E-state index in [2.05, 4.69) is 47.9 Å². The third-order valence-electron chi connectivity index (χ3n) is 3.42. The van der Waals surface area contributed by atoms with E-state index < -0.39 is 0 Å². The number of ether oxygens (including phenoxy) is 1. The Morgan fingerprint density at radius 2 is 1.70 bits per heavy atom. The number of aromatic nitrogens is 4. The van der Waals surface area contributed by atoms with Crippen molar-refractivity contribution in [3.63, 3.8) is 0 Å². The Labute approximate surface area is 118 Å². The summed E-state index contributed by atoms with van der Waals surface area (Å²) in [6.07, 6.45) is 0. The molecule has 0 bridgehead atoms. The number of hydrogen-bond donors (Lipinski definition) is 0. The monoisotopic (exact) mass is 275 g/mol. The number of nitrogens with zero attached hydrogens (tertiary/aromatic N) is 5. The van der Waals surface area contributed by atoms with Crippen LogP contribution in [0.3, 0.4) is 0 Å². The molecule has 1 aliphatic heterocycles. The van der Waals surface area contributed by atoms with Gasteiger partial charge in [0, 0.05) is 13.1 Å². The van der Waals surface area contributed by atoms with Gasteiger partial charge in [-0.3, -0.25) is 0 Å². The molecule has 3 heterocycles. The van der Waals surface area contributed by atoms with Crippen LogP contribution in [0.15, 0.2) is 12.1 Å². The van der Waals surface area contributed by atoms with Gasteiger partial charge in [-0.1, -0.05) is 0 Å². The first-order chi connectivity index (χ1) is 9.26. The first-order valence-corrected chi connectivity index (χ1v) is 6.90. The number of aryl methyl sites for hydroxylation is 1. The van der Waals surface area contributed by atoms with E-state index in [1.807, 2.05) is 19.1 Å². The molecular formula is C14H21N5O. The lowest BCUT2D eigenvalue weighted by Crippen LogP contribution is -2.57. The molecule has 2 aromatic rings. The fraction of sp³-hybridized carbons (Fsp3) is 0.643. The Morgan fingerprint density at radius 3 is 2.35 bits per heavy atom. The molecule has 3 rings (SSSR count). The Bertz CT molecular complexity index is 630. The molecule has 0 unspecified atom stereocenters. The van der Waals surface area contributed by atoms with Crippen LogP contribution in [-0.2, 0) is 4.74 Å². The summed E-state index contributed by atoms with van der Waals surface area (Å²) in [5.41, 5.74) is 0.388. The SMILES string of the molecule is Cc1nnc2ccc(N3CC(C)(C)OC(C)(C)C3)nn12. The van der Waals surface area contributed by atoms with Crippen LogP contribution >= 0.6 is 0 Å².